The van der Waals surface area contributed by atoms with Gasteiger partial charge < -0.3 is 0 Å². The first-order valence-corrected chi connectivity index (χ1v) is 6.42. The molecule has 0 atom stereocenters. The Morgan fingerprint density at radius 1 is 1.38 bits per heavy atom. The molecule has 0 spiro atoms. The molecule has 1 rings (SSSR count). The first kappa shape index (κ1) is 17.5. The van der Waals surface area contributed by atoms with E-state index in [2.05, 4.69) is 9.94 Å². The molecule has 0 N–H and O–H groups in total. The minimum absolute atomic E-state index is 0.0438. The highest BCUT2D eigenvalue weighted by atomic mass is 19.4. The highest BCUT2D eigenvalue weighted by molar-refractivity contribution is 5.94. The van der Waals surface area contributed by atoms with Gasteiger partial charge in [0.2, 0.25) is 0 Å². The first-order valence-electron chi connectivity index (χ1n) is 6.42. The third kappa shape index (κ3) is 4.73. The lowest BCUT2D eigenvalue weighted by atomic mass is 9.92. The van der Waals surface area contributed by atoms with Crippen LogP contribution in [0.5, 0.6) is 0 Å². The topological polar surface area (TPSA) is 47.4 Å². The number of halogens is 3. The summed E-state index contributed by atoms with van der Waals surface area (Å²) in [4.78, 5) is 16.5. The van der Waals surface area contributed by atoms with Crippen LogP contribution in [0.4, 0.5) is 13.2 Å². The molecule has 0 fully saturated rings. The third-order valence-corrected chi connectivity index (χ3v) is 2.91. The summed E-state index contributed by atoms with van der Waals surface area (Å²) in [5, 5.41) is 4.25. The molecule has 1 amide bonds. The van der Waals surface area contributed by atoms with Crippen molar-refractivity contribution < 1.29 is 22.8 Å². The van der Waals surface area contributed by atoms with E-state index < -0.39 is 23.3 Å². The van der Waals surface area contributed by atoms with Crippen molar-refractivity contribution in [2.45, 2.75) is 39.9 Å². The summed E-state index contributed by atoms with van der Waals surface area (Å²) in [6, 6.07) is 0. The van der Waals surface area contributed by atoms with Crippen molar-refractivity contribution in [2.75, 3.05) is 14.2 Å². The van der Waals surface area contributed by atoms with Gasteiger partial charge in [0.1, 0.15) is 0 Å². The molecule has 0 aliphatic rings. The lowest BCUT2D eigenvalue weighted by Gasteiger charge is -2.17. The number of aromatic nitrogens is 2. The van der Waals surface area contributed by atoms with Crippen LogP contribution >= 0.6 is 0 Å². The van der Waals surface area contributed by atoms with E-state index in [4.69, 9.17) is 0 Å². The number of carbonyl (C=O) groups is 1. The zero-order valence-electron chi connectivity index (χ0n) is 12.8. The Morgan fingerprint density at radius 3 is 2.38 bits per heavy atom. The van der Waals surface area contributed by atoms with Crippen molar-refractivity contribution in [1.29, 1.82) is 0 Å². The molecule has 0 aliphatic carbocycles. The number of rotatable bonds is 4. The molecule has 21 heavy (non-hydrogen) atoms. The van der Waals surface area contributed by atoms with Crippen molar-refractivity contribution in [3.8, 4) is 0 Å². The Bertz CT molecular complexity index is 504. The maximum atomic E-state index is 13.0. The predicted molar refractivity (Wildman–Crippen MR) is 70.4 cm³/mol. The number of hydroxylamine groups is 2. The van der Waals surface area contributed by atoms with Crippen LogP contribution < -0.4 is 0 Å². The molecule has 0 saturated heterocycles. The predicted octanol–water partition coefficient (Wildman–Crippen LogP) is 2.97. The second-order valence-electron chi connectivity index (χ2n) is 5.95. The monoisotopic (exact) mass is 307 g/mol. The Hall–Kier alpha value is -1.57. The minimum Gasteiger partial charge on any atom is -0.274 e. The molecule has 0 aromatic carbocycles. The molecule has 0 aliphatic heterocycles. The van der Waals surface area contributed by atoms with Crippen LogP contribution in [0.1, 0.15) is 43.2 Å². The molecular formula is C13H20F3N3O2. The van der Waals surface area contributed by atoms with Crippen LogP contribution in [-0.4, -0.2) is 34.9 Å². The van der Waals surface area contributed by atoms with E-state index in [1.54, 1.807) is 0 Å². The number of alkyl halides is 3. The molecule has 1 aromatic heterocycles. The summed E-state index contributed by atoms with van der Waals surface area (Å²) in [6.07, 6.45) is -2.93. The average molecular weight is 307 g/mol. The largest absolute Gasteiger partial charge is 0.435 e. The molecule has 0 bridgehead atoms. The van der Waals surface area contributed by atoms with E-state index in [1.165, 1.54) is 14.2 Å². The molecule has 5 nitrogen and oxygen atoms in total. The van der Waals surface area contributed by atoms with Crippen molar-refractivity contribution in [3.05, 3.63) is 17.5 Å². The molecule has 1 aromatic rings. The highest BCUT2D eigenvalue weighted by Gasteiger charge is 2.40. The maximum Gasteiger partial charge on any atom is 0.435 e. The van der Waals surface area contributed by atoms with Gasteiger partial charge in [-0.1, -0.05) is 20.8 Å². The Kier molecular flexibility index (Phi) is 5.03. The van der Waals surface area contributed by atoms with Crippen molar-refractivity contribution in [2.24, 2.45) is 5.41 Å². The van der Waals surface area contributed by atoms with Gasteiger partial charge in [-0.2, -0.15) is 18.3 Å². The van der Waals surface area contributed by atoms with E-state index in [-0.39, 0.29) is 5.41 Å². The Balaban J connectivity index is 3.11. The maximum absolute atomic E-state index is 13.0. The van der Waals surface area contributed by atoms with Crippen LogP contribution in [0.2, 0.25) is 0 Å². The van der Waals surface area contributed by atoms with Crippen molar-refractivity contribution in [3.63, 3.8) is 0 Å². The van der Waals surface area contributed by atoms with E-state index in [0.29, 0.717) is 13.0 Å². The molecule has 120 valence electrons. The van der Waals surface area contributed by atoms with Gasteiger partial charge in [0.15, 0.2) is 5.69 Å². The summed E-state index contributed by atoms with van der Waals surface area (Å²) in [7, 11) is 2.45. The molecule has 8 heteroatoms. The van der Waals surface area contributed by atoms with Gasteiger partial charge in [-0.3, -0.25) is 14.3 Å². The zero-order chi connectivity index (χ0) is 16.4. The van der Waals surface area contributed by atoms with E-state index in [0.717, 1.165) is 15.9 Å². The number of nitrogens with zero attached hydrogens (tertiary/aromatic N) is 3. The molecular weight excluding hydrogens is 287 g/mol. The van der Waals surface area contributed by atoms with E-state index in [9.17, 15) is 18.0 Å². The molecule has 1 heterocycles. The number of aryl methyl sites for hydroxylation is 1. The van der Waals surface area contributed by atoms with Gasteiger partial charge in [-0.25, -0.2) is 5.06 Å². The van der Waals surface area contributed by atoms with Crippen LogP contribution in [0.3, 0.4) is 0 Å². The molecule has 0 saturated carbocycles. The standard InChI is InChI=1S/C13H20F3N3O2/c1-12(2,3)6-7-19-8-9(11(20)18(4)21-5)10(17-19)13(14,15)16/h8H,6-7H2,1-5H3. The quantitative estimate of drug-likeness (QED) is 0.804. The number of hydrogen-bond donors (Lipinski definition) is 0. The fourth-order valence-corrected chi connectivity index (χ4v) is 1.60. The fourth-order valence-electron chi connectivity index (χ4n) is 1.60. The fraction of sp³-hybridized carbons (Fsp3) is 0.692. The Morgan fingerprint density at radius 2 is 1.95 bits per heavy atom. The summed E-state index contributed by atoms with van der Waals surface area (Å²) in [5.41, 5.74) is -1.75. The summed E-state index contributed by atoms with van der Waals surface area (Å²) < 4.78 is 40.1. The lowest BCUT2D eigenvalue weighted by molar-refractivity contribution is -0.142. The van der Waals surface area contributed by atoms with Gasteiger partial charge in [0.05, 0.1) is 12.7 Å². The number of carbonyl (C=O) groups excluding carboxylic acids is 1. The van der Waals surface area contributed by atoms with Crippen LogP contribution in [0.15, 0.2) is 6.20 Å². The average Bonchev–Trinajstić information content (AvgIpc) is 2.77. The van der Waals surface area contributed by atoms with Gasteiger partial charge in [-0.05, 0) is 11.8 Å². The normalized spacial score (nSPS) is 12.6. The zero-order valence-corrected chi connectivity index (χ0v) is 12.8. The Labute approximate surface area is 121 Å². The van der Waals surface area contributed by atoms with Crippen LogP contribution in [-0.2, 0) is 17.6 Å². The summed E-state index contributed by atoms with van der Waals surface area (Å²) >= 11 is 0. The smallest absolute Gasteiger partial charge is 0.274 e. The second-order valence-corrected chi connectivity index (χ2v) is 5.95. The van der Waals surface area contributed by atoms with Crippen LogP contribution in [0, 0.1) is 5.41 Å². The van der Waals surface area contributed by atoms with Crippen molar-refractivity contribution >= 4 is 5.91 Å². The SMILES string of the molecule is CON(C)C(=O)c1cn(CCC(C)(C)C)nc1C(F)(F)F. The second kappa shape index (κ2) is 6.05. The van der Waals surface area contributed by atoms with Crippen LogP contribution in [0.25, 0.3) is 0 Å². The summed E-state index contributed by atoms with van der Waals surface area (Å²) in [5.74, 6) is -0.883. The van der Waals surface area contributed by atoms with E-state index in [1.807, 2.05) is 20.8 Å². The first-order chi connectivity index (χ1) is 9.45. The number of amides is 1. The minimum atomic E-state index is -4.69. The van der Waals surface area contributed by atoms with E-state index >= 15 is 0 Å². The van der Waals surface area contributed by atoms with Gasteiger partial charge >= 0.3 is 6.18 Å². The highest BCUT2D eigenvalue weighted by Crippen LogP contribution is 2.31. The van der Waals surface area contributed by atoms with Gasteiger partial charge in [-0.15, -0.1) is 0 Å². The summed E-state index contributed by atoms with van der Waals surface area (Å²) in [6.45, 7) is 6.24. The van der Waals surface area contributed by atoms with Gasteiger partial charge in [0, 0.05) is 19.8 Å². The lowest BCUT2D eigenvalue weighted by Crippen LogP contribution is -2.27. The van der Waals surface area contributed by atoms with Crippen molar-refractivity contribution in [1.82, 2.24) is 14.8 Å². The third-order valence-electron chi connectivity index (χ3n) is 2.91. The molecule has 0 unspecified atom stereocenters. The van der Waals surface area contributed by atoms with Gasteiger partial charge in [0.25, 0.3) is 5.91 Å². The number of hydrogen-bond acceptors (Lipinski definition) is 3. The molecule has 0 radical (unpaired) electrons.